The summed E-state index contributed by atoms with van der Waals surface area (Å²) >= 11 is 6.47. The maximum atomic E-state index is 13.0. The Bertz CT molecular complexity index is 790. The summed E-state index contributed by atoms with van der Waals surface area (Å²) in [7, 11) is 0. The van der Waals surface area contributed by atoms with E-state index in [0.29, 0.717) is 17.5 Å². The van der Waals surface area contributed by atoms with Gasteiger partial charge in [0.2, 0.25) is 11.8 Å². The molecule has 0 radical (unpaired) electrons. The van der Waals surface area contributed by atoms with E-state index in [1.165, 1.54) is 5.57 Å². The Morgan fingerprint density at radius 2 is 1.96 bits per heavy atom. The third-order valence-electron chi connectivity index (χ3n) is 6.53. The average Bonchev–Trinajstić information content (AvgIpc) is 3.49. The zero-order valence-electron chi connectivity index (χ0n) is 16.5. The highest BCUT2D eigenvalue weighted by Crippen LogP contribution is 2.34. The summed E-state index contributed by atoms with van der Waals surface area (Å²) in [4.78, 5) is 27.0. The maximum absolute atomic E-state index is 13.0. The second kappa shape index (κ2) is 8.28. The number of likely N-dealkylation sites (tertiary alicyclic amines) is 1. The molecule has 1 atom stereocenters. The van der Waals surface area contributed by atoms with Gasteiger partial charge >= 0.3 is 0 Å². The van der Waals surface area contributed by atoms with Gasteiger partial charge in [-0.2, -0.15) is 0 Å². The summed E-state index contributed by atoms with van der Waals surface area (Å²) in [5.41, 5.74) is 3.26. The van der Waals surface area contributed by atoms with Crippen LogP contribution in [-0.4, -0.2) is 29.3 Å². The van der Waals surface area contributed by atoms with Crippen molar-refractivity contribution in [1.29, 1.82) is 0 Å². The molecule has 1 N–H and O–H groups in total. The number of hydrogen-bond donors (Lipinski definition) is 1. The highest BCUT2D eigenvalue weighted by molar-refractivity contribution is 6.31. The lowest BCUT2D eigenvalue weighted by molar-refractivity contribution is -0.133. The summed E-state index contributed by atoms with van der Waals surface area (Å²) in [6, 6.07) is 6.07. The molecule has 3 aliphatic rings. The van der Waals surface area contributed by atoms with E-state index in [1.54, 1.807) is 0 Å². The second-order valence-electron chi connectivity index (χ2n) is 8.47. The van der Waals surface area contributed by atoms with E-state index in [1.807, 2.05) is 18.2 Å². The molecule has 2 aliphatic carbocycles. The van der Waals surface area contributed by atoms with Crippen LogP contribution < -0.4 is 5.32 Å². The van der Waals surface area contributed by atoms with E-state index in [4.69, 9.17) is 11.6 Å². The van der Waals surface area contributed by atoms with Crippen molar-refractivity contribution in [3.05, 3.63) is 40.4 Å². The van der Waals surface area contributed by atoms with Gasteiger partial charge in [-0.3, -0.25) is 9.59 Å². The number of allylic oxidation sites excluding steroid dienone is 2. The fourth-order valence-corrected chi connectivity index (χ4v) is 4.79. The minimum absolute atomic E-state index is 0.0209. The predicted molar refractivity (Wildman–Crippen MR) is 112 cm³/mol. The Labute approximate surface area is 172 Å². The lowest BCUT2D eigenvalue weighted by Crippen LogP contribution is -2.39. The van der Waals surface area contributed by atoms with E-state index in [-0.39, 0.29) is 23.7 Å². The van der Waals surface area contributed by atoms with Gasteiger partial charge < -0.3 is 10.2 Å². The normalized spacial score (nSPS) is 25.1. The van der Waals surface area contributed by atoms with Gasteiger partial charge in [0.05, 0.1) is 0 Å². The summed E-state index contributed by atoms with van der Waals surface area (Å²) in [6.07, 6.45) is 10.2. The first-order chi connectivity index (χ1) is 13.5. The zero-order valence-corrected chi connectivity index (χ0v) is 17.3. The molecule has 2 amide bonds. The number of amides is 2. The number of rotatable bonds is 5. The number of benzene rings is 1. The Morgan fingerprint density at radius 1 is 1.21 bits per heavy atom. The third-order valence-corrected chi connectivity index (χ3v) is 6.88. The van der Waals surface area contributed by atoms with Gasteiger partial charge in [0.1, 0.15) is 0 Å². The molecule has 0 spiro atoms. The highest BCUT2D eigenvalue weighted by atomic mass is 35.5. The fourth-order valence-electron chi connectivity index (χ4n) is 4.53. The molecule has 1 aliphatic heterocycles. The van der Waals surface area contributed by atoms with Crippen molar-refractivity contribution in [1.82, 2.24) is 4.90 Å². The Hall–Kier alpha value is -1.81. The van der Waals surface area contributed by atoms with Crippen LogP contribution in [0.5, 0.6) is 0 Å². The highest BCUT2D eigenvalue weighted by Gasteiger charge is 2.36. The Morgan fingerprint density at radius 3 is 2.61 bits per heavy atom. The SMILES string of the molecule is CC=C1CCC(N2CCC(Cc3ccc(NC(=O)C4CC4)cc3Cl)C2=O)CC1. The standard InChI is InChI=1S/C23H29ClN2O2/c1-2-15-3-9-20(10-4-15)26-12-11-18(23(26)28)13-17-7-8-19(14-21(17)24)25-22(27)16-5-6-16/h2,7-8,14,16,18,20H,3-6,9-13H2,1H3,(H,25,27). The van der Waals surface area contributed by atoms with Gasteiger partial charge in [0, 0.05) is 35.1 Å². The molecule has 1 unspecified atom stereocenters. The number of carbonyl (C=O) groups is 2. The van der Waals surface area contributed by atoms with Crippen LogP contribution >= 0.6 is 11.6 Å². The molecule has 3 fully saturated rings. The fraction of sp³-hybridized carbons (Fsp3) is 0.565. The molecule has 1 aromatic rings. The van der Waals surface area contributed by atoms with Crippen LogP contribution in [0.15, 0.2) is 29.8 Å². The van der Waals surface area contributed by atoms with Gasteiger partial charge in [-0.15, -0.1) is 0 Å². The van der Waals surface area contributed by atoms with Crippen LogP contribution in [0.1, 0.15) is 57.4 Å². The van der Waals surface area contributed by atoms with Crippen molar-refractivity contribution in [2.45, 2.75) is 64.3 Å². The van der Waals surface area contributed by atoms with Crippen molar-refractivity contribution < 1.29 is 9.59 Å². The molecule has 4 rings (SSSR count). The number of carbonyl (C=O) groups excluding carboxylic acids is 2. The molecule has 0 bridgehead atoms. The molecule has 0 aromatic heterocycles. The van der Waals surface area contributed by atoms with E-state index >= 15 is 0 Å². The van der Waals surface area contributed by atoms with E-state index < -0.39 is 0 Å². The topological polar surface area (TPSA) is 49.4 Å². The molecule has 4 nitrogen and oxygen atoms in total. The van der Waals surface area contributed by atoms with Crippen LogP contribution in [0.3, 0.4) is 0 Å². The first-order valence-electron chi connectivity index (χ1n) is 10.6. The summed E-state index contributed by atoms with van der Waals surface area (Å²) in [5.74, 6) is 0.562. The average molecular weight is 401 g/mol. The minimum Gasteiger partial charge on any atom is -0.339 e. The van der Waals surface area contributed by atoms with Gasteiger partial charge in [-0.1, -0.05) is 29.3 Å². The molecule has 1 heterocycles. The first-order valence-corrected chi connectivity index (χ1v) is 11.0. The summed E-state index contributed by atoms with van der Waals surface area (Å²) < 4.78 is 0. The molecular formula is C23H29ClN2O2. The van der Waals surface area contributed by atoms with Gasteiger partial charge in [0.15, 0.2) is 0 Å². The predicted octanol–water partition coefficient (Wildman–Crippen LogP) is 4.97. The first kappa shape index (κ1) is 19.5. The second-order valence-corrected chi connectivity index (χ2v) is 8.88. The van der Waals surface area contributed by atoms with Crippen LogP contribution in [-0.2, 0) is 16.0 Å². The quantitative estimate of drug-likeness (QED) is 0.709. The monoisotopic (exact) mass is 400 g/mol. The maximum Gasteiger partial charge on any atom is 0.227 e. The van der Waals surface area contributed by atoms with E-state index in [2.05, 4.69) is 23.2 Å². The Kier molecular flexibility index (Phi) is 5.77. The number of halogens is 1. The van der Waals surface area contributed by atoms with E-state index in [0.717, 1.165) is 62.7 Å². The van der Waals surface area contributed by atoms with Gasteiger partial charge in [-0.25, -0.2) is 0 Å². The van der Waals surface area contributed by atoms with Crippen LogP contribution in [0.25, 0.3) is 0 Å². The summed E-state index contributed by atoms with van der Waals surface area (Å²) in [6.45, 7) is 2.98. The number of anilines is 1. The smallest absolute Gasteiger partial charge is 0.227 e. The zero-order chi connectivity index (χ0) is 19.7. The van der Waals surface area contributed by atoms with E-state index in [9.17, 15) is 9.59 Å². The van der Waals surface area contributed by atoms with Crippen LogP contribution in [0.2, 0.25) is 5.02 Å². The largest absolute Gasteiger partial charge is 0.339 e. The lowest BCUT2D eigenvalue weighted by atomic mass is 9.89. The van der Waals surface area contributed by atoms with Crippen LogP contribution in [0, 0.1) is 11.8 Å². The molecule has 1 aromatic carbocycles. The minimum atomic E-state index is 0.0209. The molecule has 5 heteroatoms. The molecule has 28 heavy (non-hydrogen) atoms. The van der Waals surface area contributed by atoms with Crippen molar-refractivity contribution in [2.75, 3.05) is 11.9 Å². The van der Waals surface area contributed by atoms with Crippen molar-refractivity contribution in [3.8, 4) is 0 Å². The van der Waals surface area contributed by atoms with Crippen molar-refractivity contribution in [2.24, 2.45) is 11.8 Å². The number of nitrogens with one attached hydrogen (secondary N) is 1. The van der Waals surface area contributed by atoms with Gasteiger partial charge in [-0.05, 0) is 76.0 Å². The Balaban J connectivity index is 1.35. The summed E-state index contributed by atoms with van der Waals surface area (Å²) in [5, 5.41) is 3.56. The van der Waals surface area contributed by atoms with Crippen LogP contribution in [0.4, 0.5) is 5.69 Å². The van der Waals surface area contributed by atoms with Crippen molar-refractivity contribution in [3.63, 3.8) is 0 Å². The van der Waals surface area contributed by atoms with Crippen molar-refractivity contribution >= 4 is 29.1 Å². The molecule has 2 saturated carbocycles. The lowest BCUT2D eigenvalue weighted by Gasteiger charge is -2.32. The number of nitrogens with zero attached hydrogens (tertiary/aromatic N) is 1. The molecular weight excluding hydrogens is 372 g/mol. The third kappa shape index (κ3) is 4.27. The number of hydrogen-bond acceptors (Lipinski definition) is 2. The molecule has 1 saturated heterocycles. The van der Waals surface area contributed by atoms with Gasteiger partial charge in [0.25, 0.3) is 0 Å². The molecule has 150 valence electrons.